The van der Waals surface area contributed by atoms with Crippen LogP contribution < -0.4 is 11.1 Å². The van der Waals surface area contributed by atoms with E-state index in [1.54, 1.807) is 30.0 Å². The second kappa shape index (κ2) is 5.37. The summed E-state index contributed by atoms with van der Waals surface area (Å²) in [7, 11) is 0. The van der Waals surface area contributed by atoms with Crippen molar-refractivity contribution >= 4 is 5.91 Å². The molecule has 98 valence electrons. The first-order valence-electron chi connectivity index (χ1n) is 6.15. The molecule has 1 heterocycles. The Morgan fingerprint density at radius 2 is 2.39 bits per heavy atom. The molecule has 0 saturated carbocycles. The number of hydrogen-bond acceptors (Lipinski definition) is 4. The summed E-state index contributed by atoms with van der Waals surface area (Å²) in [5.41, 5.74) is 6.87. The second-order valence-corrected chi connectivity index (χ2v) is 4.54. The summed E-state index contributed by atoms with van der Waals surface area (Å²) in [6.45, 7) is 4.34. The summed E-state index contributed by atoms with van der Waals surface area (Å²) in [5.74, 6) is 0.0978. The van der Waals surface area contributed by atoms with E-state index in [0.29, 0.717) is 24.2 Å². The van der Waals surface area contributed by atoms with E-state index in [9.17, 15) is 9.90 Å². The molecule has 0 aliphatic carbocycles. The predicted octanol–water partition coefficient (Wildman–Crippen LogP) is 0.0733. The molecule has 18 heavy (non-hydrogen) atoms. The van der Waals surface area contributed by atoms with Crippen LogP contribution in [0.2, 0.25) is 0 Å². The van der Waals surface area contributed by atoms with E-state index in [4.69, 9.17) is 5.73 Å². The fraction of sp³-hybridized carbons (Fsp3) is 0.462. The quantitative estimate of drug-likeness (QED) is 0.693. The van der Waals surface area contributed by atoms with E-state index in [-0.39, 0.29) is 17.7 Å². The molecule has 2 rings (SSSR count). The summed E-state index contributed by atoms with van der Waals surface area (Å²) in [6.07, 6.45) is 0. The number of phenolic OH excluding ortho intramolecular Hbond substituents is 1. The van der Waals surface area contributed by atoms with Crippen molar-refractivity contribution in [1.82, 2.24) is 10.2 Å². The van der Waals surface area contributed by atoms with Gasteiger partial charge in [0.05, 0.1) is 6.04 Å². The fourth-order valence-corrected chi connectivity index (χ4v) is 2.25. The van der Waals surface area contributed by atoms with Gasteiger partial charge in [-0.3, -0.25) is 4.79 Å². The summed E-state index contributed by atoms with van der Waals surface area (Å²) in [6, 6.07) is 5.04. The van der Waals surface area contributed by atoms with Gasteiger partial charge in [-0.1, -0.05) is 6.07 Å². The highest BCUT2D eigenvalue weighted by Crippen LogP contribution is 2.21. The first kappa shape index (κ1) is 12.9. The zero-order chi connectivity index (χ0) is 13.1. The predicted molar refractivity (Wildman–Crippen MR) is 69.6 cm³/mol. The maximum atomic E-state index is 12.5. The van der Waals surface area contributed by atoms with Crippen molar-refractivity contribution in [1.29, 1.82) is 0 Å². The zero-order valence-corrected chi connectivity index (χ0v) is 10.5. The Hall–Kier alpha value is -1.59. The molecule has 5 heteroatoms. The van der Waals surface area contributed by atoms with Crippen molar-refractivity contribution in [2.45, 2.75) is 13.0 Å². The molecular formula is C13H19N3O2. The second-order valence-electron chi connectivity index (χ2n) is 4.54. The highest BCUT2D eigenvalue weighted by molar-refractivity contribution is 5.96. The number of nitrogens with two attached hydrogens (primary N) is 1. The summed E-state index contributed by atoms with van der Waals surface area (Å²) >= 11 is 0. The lowest BCUT2D eigenvalue weighted by molar-refractivity contribution is 0.0643. The van der Waals surface area contributed by atoms with Crippen molar-refractivity contribution in [3.63, 3.8) is 0 Å². The number of aromatic hydroxyl groups is 1. The molecule has 1 aliphatic rings. The van der Waals surface area contributed by atoms with E-state index in [1.165, 1.54) is 0 Å². The number of piperazine rings is 1. The molecule has 1 aliphatic heterocycles. The van der Waals surface area contributed by atoms with Crippen molar-refractivity contribution < 1.29 is 9.90 Å². The molecule has 1 aromatic rings. The number of rotatable bonds is 2. The maximum Gasteiger partial charge on any atom is 0.254 e. The Balaban J connectivity index is 2.27. The highest BCUT2D eigenvalue weighted by atomic mass is 16.3. The number of hydrogen-bond donors (Lipinski definition) is 3. The Labute approximate surface area is 107 Å². The van der Waals surface area contributed by atoms with E-state index in [1.807, 2.05) is 0 Å². The Bertz CT molecular complexity index is 448. The van der Waals surface area contributed by atoms with Crippen molar-refractivity contribution in [3.05, 3.63) is 29.3 Å². The Morgan fingerprint density at radius 3 is 3.11 bits per heavy atom. The molecule has 5 nitrogen and oxygen atoms in total. The monoisotopic (exact) mass is 249 g/mol. The van der Waals surface area contributed by atoms with Gasteiger partial charge in [0, 0.05) is 37.3 Å². The summed E-state index contributed by atoms with van der Waals surface area (Å²) in [5, 5.41) is 12.9. The standard InChI is InChI=1S/C13H19N3O2/c1-9-11(3-2-4-12(9)17)13(18)16-6-5-15-8-10(16)7-14/h2-4,10,15,17H,5-8,14H2,1H3. The van der Waals surface area contributed by atoms with Gasteiger partial charge in [-0.25, -0.2) is 0 Å². The molecule has 1 saturated heterocycles. The van der Waals surface area contributed by atoms with Gasteiger partial charge in [-0.05, 0) is 19.1 Å². The van der Waals surface area contributed by atoms with Crippen LogP contribution in [-0.2, 0) is 0 Å². The Kier molecular flexibility index (Phi) is 3.84. The molecule has 1 amide bonds. The number of nitrogens with one attached hydrogen (secondary N) is 1. The molecule has 0 bridgehead atoms. The van der Waals surface area contributed by atoms with E-state index in [2.05, 4.69) is 5.32 Å². The van der Waals surface area contributed by atoms with Gasteiger partial charge < -0.3 is 21.1 Å². The summed E-state index contributed by atoms with van der Waals surface area (Å²) in [4.78, 5) is 14.3. The van der Waals surface area contributed by atoms with Gasteiger partial charge in [0.15, 0.2) is 0 Å². The molecule has 1 unspecified atom stereocenters. The number of phenols is 1. The third kappa shape index (κ3) is 2.32. The molecule has 0 aromatic heterocycles. The average molecular weight is 249 g/mol. The van der Waals surface area contributed by atoms with Crippen molar-refractivity contribution in [2.24, 2.45) is 5.73 Å². The van der Waals surface area contributed by atoms with Gasteiger partial charge in [0.25, 0.3) is 5.91 Å². The number of nitrogens with zero attached hydrogens (tertiary/aromatic N) is 1. The van der Waals surface area contributed by atoms with Gasteiger partial charge in [0.1, 0.15) is 5.75 Å². The van der Waals surface area contributed by atoms with Gasteiger partial charge in [-0.15, -0.1) is 0 Å². The SMILES string of the molecule is Cc1c(O)cccc1C(=O)N1CCNCC1CN. The lowest BCUT2D eigenvalue weighted by atomic mass is 10.0. The normalized spacial score (nSPS) is 19.9. The third-order valence-corrected chi connectivity index (χ3v) is 3.42. The smallest absolute Gasteiger partial charge is 0.254 e. The molecule has 1 fully saturated rings. The first-order valence-corrected chi connectivity index (χ1v) is 6.15. The average Bonchev–Trinajstić information content (AvgIpc) is 2.41. The molecule has 0 radical (unpaired) electrons. The lowest BCUT2D eigenvalue weighted by Gasteiger charge is -2.35. The minimum Gasteiger partial charge on any atom is -0.508 e. The fourth-order valence-electron chi connectivity index (χ4n) is 2.25. The van der Waals surface area contributed by atoms with Crippen LogP contribution in [0.4, 0.5) is 0 Å². The van der Waals surface area contributed by atoms with Crippen LogP contribution in [0.15, 0.2) is 18.2 Å². The molecule has 0 spiro atoms. The van der Waals surface area contributed by atoms with Crippen LogP contribution in [0.25, 0.3) is 0 Å². The largest absolute Gasteiger partial charge is 0.508 e. The number of carbonyl (C=O) groups excluding carboxylic acids is 1. The molecule has 1 atom stereocenters. The van der Waals surface area contributed by atoms with Crippen LogP contribution in [0.1, 0.15) is 15.9 Å². The molecule has 4 N–H and O–H groups in total. The van der Waals surface area contributed by atoms with Gasteiger partial charge in [0.2, 0.25) is 0 Å². The molecule has 1 aromatic carbocycles. The third-order valence-electron chi connectivity index (χ3n) is 3.42. The van der Waals surface area contributed by atoms with Crippen LogP contribution >= 0.6 is 0 Å². The van der Waals surface area contributed by atoms with Crippen LogP contribution in [0, 0.1) is 6.92 Å². The minimum absolute atomic E-state index is 0.0213. The maximum absolute atomic E-state index is 12.5. The van der Waals surface area contributed by atoms with E-state index >= 15 is 0 Å². The first-order chi connectivity index (χ1) is 8.65. The van der Waals surface area contributed by atoms with Gasteiger partial charge >= 0.3 is 0 Å². The zero-order valence-electron chi connectivity index (χ0n) is 10.5. The number of carbonyl (C=O) groups is 1. The summed E-state index contributed by atoms with van der Waals surface area (Å²) < 4.78 is 0. The topological polar surface area (TPSA) is 78.6 Å². The number of benzene rings is 1. The number of amides is 1. The van der Waals surface area contributed by atoms with E-state index < -0.39 is 0 Å². The van der Waals surface area contributed by atoms with Crippen molar-refractivity contribution in [3.8, 4) is 5.75 Å². The highest BCUT2D eigenvalue weighted by Gasteiger charge is 2.27. The van der Waals surface area contributed by atoms with Crippen molar-refractivity contribution in [2.75, 3.05) is 26.2 Å². The van der Waals surface area contributed by atoms with Gasteiger partial charge in [-0.2, -0.15) is 0 Å². The van der Waals surface area contributed by atoms with Crippen LogP contribution in [-0.4, -0.2) is 48.1 Å². The van der Waals surface area contributed by atoms with Crippen LogP contribution in [0.3, 0.4) is 0 Å². The molecular weight excluding hydrogens is 230 g/mol. The minimum atomic E-state index is -0.0552. The van der Waals surface area contributed by atoms with E-state index in [0.717, 1.165) is 13.1 Å². The Morgan fingerprint density at radius 1 is 1.61 bits per heavy atom. The van der Waals surface area contributed by atoms with Crippen LogP contribution in [0.5, 0.6) is 5.75 Å². The lowest BCUT2D eigenvalue weighted by Crippen LogP contribution is -2.56.